The van der Waals surface area contributed by atoms with E-state index in [9.17, 15) is 4.79 Å². The molecular weight excluding hydrogens is 148 g/mol. The summed E-state index contributed by atoms with van der Waals surface area (Å²) in [6, 6.07) is 0.219. The monoisotopic (exact) mass is 160 g/mol. The number of rotatable bonds is 2. The van der Waals surface area contributed by atoms with Gasteiger partial charge in [0.25, 0.3) is 0 Å². The largest absolute Gasteiger partial charge is 0.465 e. The van der Waals surface area contributed by atoms with Gasteiger partial charge < -0.3 is 14.8 Å². The summed E-state index contributed by atoms with van der Waals surface area (Å²) >= 11 is 0. The second-order valence-corrected chi connectivity index (χ2v) is 2.57. The Labute approximate surface area is 65.1 Å². The van der Waals surface area contributed by atoms with Crippen molar-refractivity contribution in [1.29, 1.82) is 0 Å². The molecule has 1 rings (SSSR count). The zero-order chi connectivity index (χ0) is 8.43. The van der Waals surface area contributed by atoms with E-state index < -0.39 is 6.09 Å². The van der Waals surface area contributed by atoms with E-state index in [-0.39, 0.29) is 6.04 Å². The lowest BCUT2D eigenvalue weighted by Crippen LogP contribution is -2.59. The van der Waals surface area contributed by atoms with E-state index in [4.69, 9.17) is 9.94 Å². The van der Waals surface area contributed by atoms with Crippen LogP contribution in [0.5, 0.6) is 0 Å². The van der Waals surface area contributed by atoms with Crippen LogP contribution in [0.4, 0.5) is 4.79 Å². The Morgan fingerprint density at radius 3 is 2.64 bits per heavy atom. The maximum Gasteiger partial charge on any atom is 0.407 e. The summed E-state index contributed by atoms with van der Waals surface area (Å²) in [7, 11) is 3.37. The molecule has 0 atom stereocenters. The Balaban J connectivity index is 2.23. The fraction of sp³-hybridized carbons (Fsp3) is 0.833. The quantitative estimate of drug-likeness (QED) is 0.570. The number of carboxylic acid groups (broad SMARTS) is 1. The van der Waals surface area contributed by atoms with Gasteiger partial charge >= 0.3 is 6.09 Å². The number of nitrogens with zero attached hydrogens (tertiary/aromatic N) is 2. The molecule has 1 N–H and O–H groups in total. The van der Waals surface area contributed by atoms with Gasteiger partial charge in [-0.25, -0.2) is 4.79 Å². The van der Waals surface area contributed by atoms with E-state index in [0.29, 0.717) is 13.1 Å². The van der Waals surface area contributed by atoms with Crippen molar-refractivity contribution in [1.82, 2.24) is 9.96 Å². The average molecular weight is 160 g/mol. The van der Waals surface area contributed by atoms with Crippen LogP contribution in [-0.2, 0) is 4.84 Å². The molecule has 0 aromatic carbocycles. The third kappa shape index (κ3) is 1.61. The molecule has 1 aliphatic rings. The molecule has 64 valence electrons. The number of hydroxylamine groups is 2. The van der Waals surface area contributed by atoms with Crippen LogP contribution in [0, 0.1) is 0 Å². The highest BCUT2D eigenvalue weighted by Gasteiger charge is 2.33. The van der Waals surface area contributed by atoms with Gasteiger partial charge in [-0.15, -0.1) is 0 Å². The van der Waals surface area contributed by atoms with Crippen LogP contribution in [0.3, 0.4) is 0 Å². The summed E-state index contributed by atoms with van der Waals surface area (Å²) in [5.41, 5.74) is 0. The number of likely N-dealkylation sites (N-methyl/N-ethyl adjacent to an activating group) is 1. The molecule has 5 nitrogen and oxygen atoms in total. The fourth-order valence-electron chi connectivity index (χ4n) is 0.991. The Kier molecular flexibility index (Phi) is 2.31. The third-order valence-electron chi connectivity index (χ3n) is 1.93. The number of hydrogen-bond acceptors (Lipinski definition) is 3. The topological polar surface area (TPSA) is 53.0 Å². The van der Waals surface area contributed by atoms with Crippen LogP contribution in [-0.4, -0.2) is 54.5 Å². The third-order valence-corrected chi connectivity index (χ3v) is 1.93. The van der Waals surface area contributed by atoms with Crippen LogP contribution in [0.2, 0.25) is 0 Å². The minimum atomic E-state index is -0.856. The van der Waals surface area contributed by atoms with Crippen LogP contribution in [0.1, 0.15) is 0 Å². The number of carbonyl (C=O) groups is 1. The Bertz CT molecular complexity index is 156. The Hall–Kier alpha value is -0.810. The van der Waals surface area contributed by atoms with Gasteiger partial charge in [-0.3, -0.25) is 0 Å². The van der Waals surface area contributed by atoms with Gasteiger partial charge in [0, 0.05) is 20.1 Å². The number of hydrogen-bond donors (Lipinski definition) is 1. The van der Waals surface area contributed by atoms with Crippen molar-refractivity contribution in [3.8, 4) is 0 Å². The summed E-state index contributed by atoms with van der Waals surface area (Å²) in [5, 5.41) is 10.1. The second kappa shape index (κ2) is 3.06. The predicted octanol–water partition coefficient (Wildman–Crippen LogP) is -0.158. The van der Waals surface area contributed by atoms with Gasteiger partial charge in [0.1, 0.15) is 0 Å². The van der Waals surface area contributed by atoms with Gasteiger partial charge in [0.05, 0.1) is 13.2 Å². The first-order valence-electron chi connectivity index (χ1n) is 3.40. The Morgan fingerprint density at radius 2 is 2.27 bits per heavy atom. The normalized spacial score (nSPS) is 18.6. The van der Waals surface area contributed by atoms with Gasteiger partial charge in [-0.1, -0.05) is 0 Å². The van der Waals surface area contributed by atoms with Crippen molar-refractivity contribution >= 4 is 6.09 Å². The van der Waals surface area contributed by atoms with Crippen molar-refractivity contribution < 1.29 is 14.7 Å². The van der Waals surface area contributed by atoms with E-state index in [1.54, 1.807) is 19.2 Å². The lowest BCUT2D eigenvalue weighted by Gasteiger charge is -2.40. The van der Waals surface area contributed by atoms with E-state index in [0.717, 1.165) is 0 Å². The number of likely N-dealkylation sites (tertiary alicyclic amines) is 1. The first kappa shape index (κ1) is 8.29. The van der Waals surface area contributed by atoms with Crippen molar-refractivity contribution in [3.05, 3.63) is 0 Å². The van der Waals surface area contributed by atoms with Crippen LogP contribution in [0.25, 0.3) is 0 Å². The van der Waals surface area contributed by atoms with Crippen molar-refractivity contribution in [2.45, 2.75) is 6.04 Å². The highest BCUT2D eigenvalue weighted by molar-refractivity contribution is 5.66. The van der Waals surface area contributed by atoms with E-state index in [2.05, 4.69) is 0 Å². The minimum Gasteiger partial charge on any atom is -0.465 e. The van der Waals surface area contributed by atoms with Crippen molar-refractivity contribution in [3.63, 3.8) is 0 Å². The molecule has 1 amide bonds. The zero-order valence-corrected chi connectivity index (χ0v) is 6.65. The van der Waals surface area contributed by atoms with Crippen LogP contribution in [0.15, 0.2) is 0 Å². The second-order valence-electron chi connectivity index (χ2n) is 2.57. The summed E-state index contributed by atoms with van der Waals surface area (Å²) < 4.78 is 0. The zero-order valence-electron chi connectivity index (χ0n) is 6.65. The molecule has 5 heteroatoms. The molecule has 1 saturated heterocycles. The molecule has 0 unspecified atom stereocenters. The van der Waals surface area contributed by atoms with Gasteiger partial charge in [-0.2, -0.15) is 5.06 Å². The van der Waals surface area contributed by atoms with Crippen LogP contribution >= 0.6 is 0 Å². The summed E-state index contributed by atoms with van der Waals surface area (Å²) in [6.45, 7) is 1.08. The van der Waals surface area contributed by atoms with Gasteiger partial charge in [0.15, 0.2) is 0 Å². The first-order chi connectivity index (χ1) is 5.15. The van der Waals surface area contributed by atoms with Crippen molar-refractivity contribution in [2.24, 2.45) is 0 Å². The standard InChI is InChI=1S/C6H12N2O3/c1-7(11-2)5-3-8(4-5)6(9)10/h5H,3-4H2,1-2H3,(H,9,10). The lowest BCUT2D eigenvalue weighted by molar-refractivity contribution is -0.168. The maximum atomic E-state index is 10.3. The fourth-order valence-corrected chi connectivity index (χ4v) is 0.991. The molecule has 0 bridgehead atoms. The molecule has 0 spiro atoms. The molecule has 0 radical (unpaired) electrons. The first-order valence-corrected chi connectivity index (χ1v) is 3.40. The highest BCUT2D eigenvalue weighted by Crippen LogP contribution is 2.12. The molecule has 0 aromatic heterocycles. The molecular formula is C6H12N2O3. The molecule has 0 saturated carbocycles. The van der Waals surface area contributed by atoms with Crippen molar-refractivity contribution in [2.75, 3.05) is 27.2 Å². The average Bonchev–Trinajstić information content (AvgIpc) is 1.83. The SMILES string of the molecule is CON(C)C1CN(C(=O)O)C1. The minimum absolute atomic E-state index is 0.219. The molecule has 1 heterocycles. The van der Waals surface area contributed by atoms with E-state index in [1.165, 1.54) is 4.90 Å². The van der Waals surface area contributed by atoms with E-state index >= 15 is 0 Å². The number of amides is 1. The lowest BCUT2D eigenvalue weighted by atomic mass is 10.1. The smallest absolute Gasteiger partial charge is 0.407 e. The maximum absolute atomic E-state index is 10.3. The van der Waals surface area contributed by atoms with Crippen LogP contribution < -0.4 is 0 Å². The van der Waals surface area contributed by atoms with E-state index in [1.807, 2.05) is 0 Å². The summed E-state index contributed by atoms with van der Waals surface area (Å²) in [6.07, 6.45) is -0.856. The van der Waals surface area contributed by atoms with Gasteiger partial charge in [-0.05, 0) is 0 Å². The summed E-state index contributed by atoms with van der Waals surface area (Å²) in [4.78, 5) is 16.5. The highest BCUT2D eigenvalue weighted by atomic mass is 16.7. The predicted molar refractivity (Wildman–Crippen MR) is 38.2 cm³/mol. The summed E-state index contributed by atoms with van der Waals surface area (Å²) in [5.74, 6) is 0. The Morgan fingerprint density at radius 1 is 1.73 bits per heavy atom. The molecule has 1 fully saturated rings. The van der Waals surface area contributed by atoms with Gasteiger partial charge in [0.2, 0.25) is 0 Å². The molecule has 0 aliphatic carbocycles. The molecule has 1 aliphatic heterocycles. The molecule has 11 heavy (non-hydrogen) atoms. The molecule has 0 aromatic rings.